The molecule has 0 spiro atoms. The van der Waals surface area contributed by atoms with Gasteiger partial charge in [-0.3, -0.25) is 4.98 Å². The number of hydrogen-bond acceptors (Lipinski definition) is 3. The van der Waals surface area contributed by atoms with Gasteiger partial charge in [-0.05, 0) is 67.8 Å². The van der Waals surface area contributed by atoms with Crippen molar-refractivity contribution in [1.29, 1.82) is 0 Å². The van der Waals surface area contributed by atoms with E-state index in [4.69, 9.17) is 4.74 Å². The van der Waals surface area contributed by atoms with Crippen molar-refractivity contribution in [1.82, 2.24) is 10.3 Å². The quantitative estimate of drug-likeness (QED) is 0.925. The molecule has 20 heavy (non-hydrogen) atoms. The Hall–Kier alpha value is -1.87. The standard InChI is InChI=1S/C17H22N2O/c1-11-9-16(20-5)12(2)8-15(11)17(18-4)14-6-7-19-10-13(14)3/h6-10,17-18H,1-5H3. The van der Waals surface area contributed by atoms with Gasteiger partial charge < -0.3 is 10.1 Å². The largest absolute Gasteiger partial charge is 0.496 e. The highest BCUT2D eigenvalue weighted by molar-refractivity contribution is 5.46. The molecule has 1 unspecified atom stereocenters. The number of aromatic nitrogens is 1. The van der Waals surface area contributed by atoms with Gasteiger partial charge in [0.2, 0.25) is 0 Å². The smallest absolute Gasteiger partial charge is 0.122 e. The summed E-state index contributed by atoms with van der Waals surface area (Å²) in [5.74, 6) is 0.938. The highest BCUT2D eigenvalue weighted by Crippen LogP contribution is 2.31. The predicted molar refractivity (Wildman–Crippen MR) is 82.3 cm³/mol. The van der Waals surface area contributed by atoms with Gasteiger partial charge in [-0.15, -0.1) is 0 Å². The van der Waals surface area contributed by atoms with Crippen LogP contribution in [0, 0.1) is 20.8 Å². The lowest BCUT2D eigenvalue weighted by atomic mass is 9.92. The van der Waals surface area contributed by atoms with Crippen LogP contribution >= 0.6 is 0 Å². The Morgan fingerprint density at radius 2 is 1.80 bits per heavy atom. The number of methoxy groups -OCH3 is 1. The van der Waals surface area contributed by atoms with E-state index in [0.29, 0.717) is 0 Å². The summed E-state index contributed by atoms with van der Waals surface area (Å²) in [5.41, 5.74) is 6.11. The molecule has 1 aromatic heterocycles. The van der Waals surface area contributed by atoms with Gasteiger partial charge in [0.1, 0.15) is 5.75 Å². The van der Waals surface area contributed by atoms with E-state index in [0.717, 1.165) is 11.3 Å². The summed E-state index contributed by atoms with van der Waals surface area (Å²) >= 11 is 0. The maximum absolute atomic E-state index is 5.39. The minimum Gasteiger partial charge on any atom is -0.496 e. The monoisotopic (exact) mass is 270 g/mol. The van der Waals surface area contributed by atoms with Crippen LogP contribution in [0.1, 0.15) is 33.9 Å². The lowest BCUT2D eigenvalue weighted by molar-refractivity contribution is 0.411. The van der Waals surface area contributed by atoms with Crippen molar-refractivity contribution in [3.05, 3.63) is 58.4 Å². The normalized spacial score (nSPS) is 12.2. The van der Waals surface area contributed by atoms with Gasteiger partial charge >= 0.3 is 0 Å². The molecule has 0 aliphatic rings. The van der Waals surface area contributed by atoms with Crippen molar-refractivity contribution >= 4 is 0 Å². The van der Waals surface area contributed by atoms with Crippen LogP contribution in [0.3, 0.4) is 0 Å². The number of pyridine rings is 1. The van der Waals surface area contributed by atoms with Crippen molar-refractivity contribution in [2.75, 3.05) is 14.2 Å². The number of aryl methyl sites for hydroxylation is 3. The summed E-state index contributed by atoms with van der Waals surface area (Å²) in [5, 5.41) is 3.41. The first kappa shape index (κ1) is 14.5. The van der Waals surface area contributed by atoms with Crippen LogP contribution in [-0.2, 0) is 0 Å². The Morgan fingerprint density at radius 3 is 2.40 bits per heavy atom. The van der Waals surface area contributed by atoms with Crippen molar-refractivity contribution < 1.29 is 4.74 Å². The van der Waals surface area contributed by atoms with Crippen LogP contribution in [0.4, 0.5) is 0 Å². The Morgan fingerprint density at radius 1 is 1.05 bits per heavy atom. The van der Waals surface area contributed by atoms with Crippen LogP contribution < -0.4 is 10.1 Å². The third-order valence-electron chi connectivity index (χ3n) is 3.76. The Balaban J connectivity index is 2.53. The molecule has 3 nitrogen and oxygen atoms in total. The van der Waals surface area contributed by atoms with E-state index < -0.39 is 0 Å². The first-order valence-corrected chi connectivity index (χ1v) is 6.81. The number of ether oxygens (including phenoxy) is 1. The first-order chi connectivity index (χ1) is 9.58. The van der Waals surface area contributed by atoms with E-state index in [1.54, 1.807) is 7.11 Å². The molecule has 1 N–H and O–H groups in total. The van der Waals surface area contributed by atoms with Crippen molar-refractivity contribution in [3.8, 4) is 5.75 Å². The molecule has 0 aliphatic heterocycles. The van der Waals surface area contributed by atoms with Gasteiger partial charge in [-0.1, -0.05) is 6.07 Å². The first-order valence-electron chi connectivity index (χ1n) is 6.81. The molecule has 0 bridgehead atoms. The van der Waals surface area contributed by atoms with Gasteiger partial charge in [-0.2, -0.15) is 0 Å². The summed E-state index contributed by atoms with van der Waals surface area (Å²) in [6.07, 6.45) is 3.75. The van der Waals surface area contributed by atoms with Gasteiger partial charge in [0.05, 0.1) is 13.2 Å². The van der Waals surface area contributed by atoms with Gasteiger partial charge in [0, 0.05) is 12.4 Å². The minimum absolute atomic E-state index is 0.169. The van der Waals surface area contributed by atoms with E-state index in [1.807, 2.05) is 19.4 Å². The number of hydrogen-bond donors (Lipinski definition) is 1. The molecule has 2 aromatic rings. The van der Waals surface area contributed by atoms with Gasteiger partial charge in [-0.25, -0.2) is 0 Å². The molecule has 106 valence electrons. The van der Waals surface area contributed by atoms with Crippen LogP contribution in [0.5, 0.6) is 5.75 Å². The minimum atomic E-state index is 0.169. The van der Waals surface area contributed by atoms with E-state index in [-0.39, 0.29) is 6.04 Å². The van der Waals surface area contributed by atoms with Crippen molar-refractivity contribution in [3.63, 3.8) is 0 Å². The molecule has 1 heterocycles. The molecule has 3 heteroatoms. The summed E-state index contributed by atoms with van der Waals surface area (Å²) in [6.45, 7) is 6.30. The van der Waals surface area contributed by atoms with Crippen LogP contribution in [-0.4, -0.2) is 19.1 Å². The second-order valence-electron chi connectivity index (χ2n) is 5.13. The molecule has 0 saturated heterocycles. The molecule has 1 atom stereocenters. The zero-order valence-corrected chi connectivity index (χ0v) is 12.8. The molecule has 2 rings (SSSR count). The van der Waals surface area contributed by atoms with Crippen LogP contribution in [0.2, 0.25) is 0 Å². The molecule has 0 fully saturated rings. The molecule has 0 amide bonds. The molecular formula is C17H22N2O. The van der Waals surface area contributed by atoms with Gasteiger partial charge in [0.15, 0.2) is 0 Å². The van der Waals surface area contributed by atoms with E-state index in [1.165, 1.54) is 22.3 Å². The topological polar surface area (TPSA) is 34.2 Å². The third-order valence-corrected chi connectivity index (χ3v) is 3.76. The lowest BCUT2D eigenvalue weighted by Gasteiger charge is -2.22. The molecule has 1 aromatic carbocycles. The maximum Gasteiger partial charge on any atom is 0.122 e. The Kier molecular flexibility index (Phi) is 4.40. The summed E-state index contributed by atoms with van der Waals surface area (Å²) in [6, 6.07) is 6.55. The lowest BCUT2D eigenvalue weighted by Crippen LogP contribution is -2.20. The predicted octanol–water partition coefficient (Wildman–Crippen LogP) is 3.32. The third kappa shape index (κ3) is 2.68. The zero-order valence-electron chi connectivity index (χ0n) is 12.8. The number of benzene rings is 1. The average Bonchev–Trinajstić information content (AvgIpc) is 2.45. The van der Waals surface area contributed by atoms with Crippen LogP contribution in [0.15, 0.2) is 30.6 Å². The number of nitrogens with zero attached hydrogens (tertiary/aromatic N) is 1. The number of nitrogens with one attached hydrogen (secondary N) is 1. The van der Waals surface area contributed by atoms with E-state index in [2.05, 4.69) is 49.3 Å². The van der Waals surface area contributed by atoms with Gasteiger partial charge in [0.25, 0.3) is 0 Å². The Labute approximate surface area is 121 Å². The zero-order chi connectivity index (χ0) is 14.7. The summed E-state index contributed by atoms with van der Waals surface area (Å²) < 4.78 is 5.39. The SMILES string of the molecule is CNC(c1ccncc1C)c1cc(C)c(OC)cc1C. The summed E-state index contributed by atoms with van der Waals surface area (Å²) in [7, 11) is 3.70. The average molecular weight is 270 g/mol. The van der Waals surface area contributed by atoms with Crippen molar-refractivity contribution in [2.24, 2.45) is 0 Å². The highest BCUT2D eigenvalue weighted by Gasteiger charge is 2.17. The van der Waals surface area contributed by atoms with E-state index in [9.17, 15) is 0 Å². The fraction of sp³-hybridized carbons (Fsp3) is 0.353. The molecule has 0 saturated carbocycles. The number of rotatable bonds is 4. The molecule has 0 aliphatic carbocycles. The fourth-order valence-corrected chi connectivity index (χ4v) is 2.63. The summed E-state index contributed by atoms with van der Waals surface area (Å²) in [4.78, 5) is 4.17. The van der Waals surface area contributed by atoms with Crippen LogP contribution in [0.25, 0.3) is 0 Å². The second-order valence-corrected chi connectivity index (χ2v) is 5.13. The van der Waals surface area contributed by atoms with E-state index >= 15 is 0 Å². The maximum atomic E-state index is 5.39. The second kappa shape index (κ2) is 6.06. The fourth-order valence-electron chi connectivity index (χ4n) is 2.63. The Bertz CT molecular complexity index is 608. The highest BCUT2D eigenvalue weighted by atomic mass is 16.5. The van der Waals surface area contributed by atoms with Crippen molar-refractivity contribution in [2.45, 2.75) is 26.8 Å². The molecular weight excluding hydrogens is 248 g/mol. The molecule has 0 radical (unpaired) electrons.